The van der Waals surface area contributed by atoms with E-state index in [1.807, 2.05) is 6.92 Å². The number of rotatable bonds is 6. The molecule has 18 heavy (non-hydrogen) atoms. The molecule has 0 heterocycles. The Morgan fingerprint density at radius 3 is 2.44 bits per heavy atom. The molecule has 0 radical (unpaired) electrons. The highest BCUT2D eigenvalue weighted by Crippen LogP contribution is 2.20. The molecule has 1 aromatic rings. The van der Waals surface area contributed by atoms with E-state index in [1.165, 1.54) is 30.4 Å². The van der Waals surface area contributed by atoms with Crippen molar-refractivity contribution in [3.8, 4) is 11.8 Å². The standard InChI is InChI=1S/C18H24/c1-5-8-16-11-13-17(14-12-16)9-7-10-18(6-2)15(3)4/h11-14,18H,3,6-7,9-10H2,1-2,4H3. The van der Waals surface area contributed by atoms with Crippen molar-refractivity contribution in [1.29, 1.82) is 0 Å². The predicted octanol–water partition coefficient (Wildman–Crippen LogP) is 4.98. The lowest BCUT2D eigenvalue weighted by Gasteiger charge is -2.14. The molecule has 0 bridgehead atoms. The first-order valence-corrected chi connectivity index (χ1v) is 6.84. The lowest BCUT2D eigenvalue weighted by Crippen LogP contribution is -2.00. The van der Waals surface area contributed by atoms with Crippen LogP contribution in [0.4, 0.5) is 0 Å². The summed E-state index contributed by atoms with van der Waals surface area (Å²) in [7, 11) is 0. The zero-order chi connectivity index (χ0) is 13.4. The maximum atomic E-state index is 4.07. The van der Waals surface area contributed by atoms with Crippen LogP contribution in [0.2, 0.25) is 0 Å². The van der Waals surface area contributed by atoms with Crippen molar-refractivity contribution in [3.63, 3.8) is 0 Å². The summed E-state index contributed by atoms with van der Waals surface area (Å²) < 4.78 is 0. The average molecular weight is 240 g/mol. The summed E-state index contributed by atoms with van der Waals surface area (Å²) in [5.41, 5.74) is 3.84. The fourth-order valence-corrected chi connectivity index (χ4v) is 2.25. The van der Waals surface area contributed by atoms with Gasteiger partial charge in [0, 0.05) is 5.56 Å². The molecular weight excluding hydrogens is 216 g/mol. The highest BCUT2D eigenvalue weighted by molar-refractivity contribution is 5.35. The van der Waals surface area contributed by atoms with Crippen LogP contribution in [0, 0.1) is 17.8 Å². The van der Waals surface area contributed by atoms with Crippen LogP contribution in [0.3, 0.4) is 0 Å². The number of aryl methyl sites for hydroxylation is 1. The fraction of sp³-hybridized carbons (Fsp3) is 0.444. The number of hydrogen-bond acceptors (Lipinski definition) is 0. The van der Waals surface area contributed by atoms with Gasteiger partial charge in [0.1, 0.15) is 0 Å². The highest BCUT2D eigenvalue weighted by atomic mass is 14.1. The molecule has 0 amide bonds. The molecule has 0 aliphatic carbocycles. The smallest absolute Gasteiger partial charge is 0.0245 e. The third kappa shape index (κ3) is 4.80. The van der Waals surface area contributed by atoms with Gasteiger partial charge >= 0.3 is 0 Å². The van der Waals surface area contributed by atoms with Gasteiger partial charge in [-0.25, -0.2) is 0 Å². The molecule has 0 aliphatic heterocycles. The van der Waals surface area contributed by atoms with E-state index in [-0.39, 0.29) is 0 Å². The van der Waals surface area contributed by atoms with E-state index in [9.17, 15) is 0 Å². The van der Waals surface area contributed by atoms with Crippen molar-refractivity contribution in [2.24, 2.45) is 5.92 Å². The molecule has 0 saturated heterocycles. The zero-order valence-corrected chi connectivity index (χ0v) is 11.9. The van der Waals surface area contributed by atoms with Crippen LogP contribution >= 0.6 is 0 Å². The van der Waals surface area contributed by atoms with E-state index in [1.54, 1.807) is 0 Å². The third-order valence-corrected chi connectivity index (χ3v) is 3.43. The van der Waals surface area contributed by atoms with Gasteiger partial charge < -0.3 is 0 Å². The summed E-state index contributed by atoms with van der Waals surface area (Å²) in [6.45, 7) is 10.3. The molecule has 96 valence electrons. The van der Waals surface area contributed by atoms with Crippen molar-refractivity contribution in [2.45, 2.75) is 46.5 Å². The molecule has 0 heteroatoms. The summed E-state index contributed by atoms with van der Waals surface area (Å²) in [5, 5.41) is 0. The minimum absolute atomic E-state index is 0.690. The van der Waals surface area contributed by atoms with Crippen LogP contribution in [-0.4, -0.2) is 0 Å². The van der Waals surface area contributed by atoms with Gasteiger partial charge in [0.15, 0.2) is 0 Å². The lowest BCUT2D eigenvalue weighted by atomic mass is 9.92. The molecule has 0 N–H and O–H groups in total. The molecule has 0 aromatic heterocycles. The number of allylic oxidation sites excluding steroid dienone is 1. The van der Waals surface area contributed by atoms with Crippen molar-refractivity contribution in [2.75, 3.05) is 0 Å². The largest absolute Gasteiger partial charge is 0.101 e. The van der Waals surface area contributed by atoms with Crippen molar-refractivity contribution < 1.29 is 0 Å². The Kier molecular flexibility index (Phi) is 6.29. The summed E-state index contributed by atoms with van der Waals surface area (Å²) in [6, 6.07) is 8.62. The van der Waals surface area contributed by atoms with Crippen molar-refractivity contribution in [1.82, 2.24) is 0 Å². The zero-order valence-electron chi connectivity index (χ0n) is 11.9. The minimum atomic E-state index is 0.690. The summed E-state index contributed by atoms with van der Waals surface area (Å²) in [5.74, 6) is 6.68. The number of benzene rings is 1. The Morgan fingerprint density at radius 1 is 1.28 bits per heavy atom. The Morgan fingerprint density at radius 2 is 1.94 bits per heavy atom. The first-order chi connectivity index (χ1) is 8.67. The molecular formula is C18H24. The highest BCUT2D eigenvalue weighted by Gasteiger charge is 2.06. The quantitative estimate of drug-likeness (QED) is 0.486. The SMILES string of the molecule is C=C(C)C(CC)CCCc1ccc(C#CC)cc1. The molecule has 0 aliphatic rings. The van der Waals surface area contributed by atoms with Crippen LogP contribution in [0.15, 0.2) is 36.4 Å². The van der Waals surface area contributed by atoms with Crippen LogP contribution in [-0.2, 0) is 6.42 Å². The first kappa shape index (κ1) is 14.6. The van der Waals surface area contributed by atoms with Crippen LogP contribution in [0.25, 0.3) is 0 Å². The maximum absolute atomic E-state index is 4.07. The second-order valence-electron chi connectivity index (χ2n) is 4.92. The summed E-state index contributed by atoms with van der Waals surface area (Å²) >= 11 is 0. The predicted molar refractivity (Wildman–Crippen MR) is 80.5 cm³/mol. The number of hydrogen-bond donors (Lipinski definition) is 0. The van der Waals surface area contributed by atoms with Gasteiger partial charge in [0.25, 0.3) is 0 Å². The average Bonchev–Trinajstić information content (AvgIpc) is 2.36. The monoisotopic (exact) mass is 240 g/mol. The van der Waals surface area contributed by atoms with Gasteiger partial charge in [0.05, 0.1) is 0 Å². The van der Waals surface area contributed by atoms with E-state index in [2.05, 4.69) is 56.5 Å². The van der Waals surface area contributed by atoms with E-state index in [0.717, 1.165) is 12.0 Å². The lowest BCUT2D eigenvalue weighted by molar-refractivity contribution is 0.521. The summed E-state index contributed by atoms with van der Waals surface area (Å²) in [6.07, 6.45) is 4.86. The van der Waals surface area contributed by atoms with Gasteiger partial charge in [-0.05, 0) is 63.1 Å². The van der Waals surface area contributed by atoms with Crippen LogP contribution in [0.5, 0.6) is 0 Å². The molecule has 0 saturated carbocycles. The Balaban J connectivity index is 2.43. The van der Waals surface area contributed by atoms with E-state index >= 15 is 0 Å². The molecule has 1 atom stereocenters. The second-order valence-corrected chi connectivity index (χ2v) is 4.92. The van der Waals surface area contributed by atoms with Crippen molar-refractivity contribution >= 4 is 0 Å². The molecule has 1 unspecified atom stereocenters. The van der Waals surface area contributed by atoms with Gasteiger partial charge in [-0.3, -0.25) is 0 Å². The third-order valence-electron chi connectivity index (χ3n) is 3.43. The van der Waals surface area contributed by atoms with Crippen LogP contribution in [0.1, 0.15) is 51.2 Å². The Bertz CT molecular complexity index is 425. The van der Waals surface area contributed by atoms with Crippen molar-refractivity contribution in [3.05, 3.63) is 47.5 Å². The first-order valence-electron chi connectivity index (χ1n) is 6.84. The second kappa shape index (κ2) is 7.77. The topological polar surface area (TPSA) is 0 Å². The molecule has 0 fully saturated rings. The summed E-state index contributed by atoms with van der Waals surface area (Å²) in [4.78, 5) is 0. The van der Waals surface area contributed by atoms with Gasteiger partial charge in [0.2, 0.25) is 0 Å². The fourth-order valence-electron chi connectivity index (χ4n) is 2.25. The molecule has 1 rings (SSSR count). The van der Waals surface area contributed by atoms with E-state index in [0.29, 0.717) is 5.92 Å². The molecule has 0 nitrogen and oxygen atoms in total. The van der Waals surface area contributed by atoms with Gasteiger partial charge in [-0.2, -0.15) is 0 Å². The molecule has 0 spiro atoms. The normalized spacial score (nSPS) is 11.5. The Hall–Kier alpha value is -1.48. The molecule has 1 aromatic carbocycles. The maximum Gasteiger partial charge on any atom is 0.0245 e. The van der Waals surface area contributed by atoms with E-state index in [4.69, 9.17) is 0 Å². The van der Waals surface area contributed by atoms with Gasteiger partial charge in [-0.15, -0.1) is 5.92 Å². The van der Waals surface area contributed by atoms with Crippen LogP contribution < -0.4 is 0 Å². The minimum Gasteiger partial charge on any atom is -0.101 e. The van der Waals surface area contributed by atoms with Gasteiger partial charge in [-0.1, -0.05) is 37.1 Å². The Labute approximate surface area is 112 Å². The van der Waals surface area contributed by atoms with E-state index < -0.39 is 0 Å².